The van der Waals surface area contributed by atoms with Gasteiger partial charge in [0, 0.05) is 11.1 Å². The highest BCUT2D eigenvalue weighted by molar-refractivity contribution is 7.18. The summed E-state index contributed by atoms with van der Waals surface area (Å²) in [6.07, 6.45) is 0. The van der Waals surface area contributed by atoms with Gasteiger partial charge in [0.25, 0.3) is 5.91 Å². The lowest BCUT2D eigenvalue weighted by atomic mass is 10.2. The van der Waals surface area contributed by atoms with Crippen LogP contribution in [0.1, 0.15) is 24.2 Å². The summed E-state index contributed by atoms with van der Waals surface area (Å²) in [4.78, 5) is 12.6. The van der Waals surface area contributed by atoms with Gasteiger partial charge in [-0.05, 0) is 18.1 Å². The molecule has 0 saturated heterocycles. The Morgan fingerprint density at radius 3 is 2.64 bits per heavy atom. The Morgan fingerprint density at radius 1 is 1.21 bits per heavy atom. The number of benzene rings is 2. The number of nitrogens with one attached hydrogen (secondary N) is 1. The topological polar surface area (TPSA) is 73.3 Å². The number of carbonyl (C=O) groups excluding carboxylic acids is 1. The lowest BCUT2D eigenvalue weighted by Crippen LogP contribution is -2.13. The predicted octanol–water partition coefficient (Wildman–Crippen LogP) is 5.15. The van der Waals surface area contributed by atoms with Crippen LogP contribution < -0.4 is 14.8 Å². The van der Waals surface area contributed by atoms with Crippen molar-refractivity contribution in [3.8, 4) is 22.1 Å². The molecule has 0 bridgehead atoms. The minimum atomic E-state index is -0.355. The molecule has 0 aliphatic carbocycles. The van der Waals surface area contributed by atoms with Crippen LogP contribution in [-0.2, 0) is 0 Å². The third-order valence-corrected chi connectivity index (χ3v) is 4.89. The zero-order valence-electron chi connectivity index (χ0n) is 15.7. The molecule has 28 heavy (non-hydrogen) atoms. The first-order valence-corrected chi connectivity index (χ1v) is 9.88. The number of hydrogen-bond donors (Lipinski definition) is 1. The van der Waals surface area contributed by atoms with Crippen LogP contribution in [0.5, 0.6) is 11.5 Å². The molecule has 6 nitrogen and oxygen atoms in total. The van der Waals surface area contributed by atoms with E-state index in [9.17, 15) is 4.79 Å². The molecule has 146 valence electrons. The van der Waals surface area contributed by atoms with Gasteiger partial charge in [0.15, 0.2) is 11.5 Å². The first-order chi connectivity index (χ1) is 13.5. The maximum absolute atomic E-state index is 12.6. The highest BCUT2D eigenvalue weighted by atomic mass is 35.5. The maximum atomic E-state index is 12.6. The van der Waals surface area contributed by atoms with Crippen LogP contribution in [0.2, 0.25) is 5.02 Å². The molecule has 0 aliphatic heterocycles. The van der Waals surface area contributed by atoms with Gasteiger partial charge in [-0.25, -0.2) is 0 Å². The molecule has 1 amide bonds. The lowest BCUT2D eigenvalue weighted by molar-refractivity contribution is 0.102. The van der Waals surface area contributed by atoms with Crippen molar-refractivity contribution in [2.24, 2.45) is 5.92 Å². The van der Waals surface area contributed by atoms with Crippen LogP contribution in [-0.4, -0.2) is 29.8 Å². The molecule has 3 aromatic rings. The fraction of sp³-hybridized carbons (Fsp3) is 0.250. The summed E-state index contributed by atoms with van der Waals surface area (Å²) in [7, 11) is 1.51. The van der Waals surface area contributed by atoms with Crippen LogP contribution in [0.15, 0.2) is 42.5 Å². The monoisotopic (exact) mass is 417 g/mol. The summed E-state index contributed by atoms with van der Waals surface area (Å²) < 4.78 is 11.1. The van der Waals surface area contributed by atoms with Gasteiger partial charge in [-0.15, -0.1) is 10.2 Å². The summed E-state index contributed by atoms with van der Waals surface area (Å²) in [5, 5.41) is 12.3. The largest absolute Gasteiger partial charge is 0.493 e. The number of carbonyl (C=O) groups is 1. The van der Waals surface area contributed by atoms with Crippen LogP contribution in [0.25, 0.3) is 10.6 Å². The molecule has 3 rings (SSSR count). The maximum Gasteiger partial charge on any atom is 0.257 e. The van der Waals surface area contributed by atoms with Gasteiger partial charge in [-0.1, -0.05) is 67.1 Å². The molecule has 0 unspecified atom stereocenters. The lowest BCUT2D eigenvalue weighted by Gasteiger charge is -2.15. The highest BCUT2D eigenvalue weighted by Crippen LogP contribution is 2.37. The number of hydrogen-bond acceptors (Lipinski definition) is 6. The van der Waals surface area contributed by atoms with Crippen molar-refractivity contribution >= 4 is 34.0 Å². The number of methoxy groups -OCH3 is 1. The van der Waals surface area contributed by atoms with Crippen molar-refractivity contribution in [1.29, 1.82) is 0 Å². The molecule has 0 fully saturated rings. The van der Waals surface area contributed by atoms with E-state index in [-0.39, 0.29) is 5.91 Å². The Hall–Kier alpha value is -2.64. The van der Waals surface area contributed by atoms with Crippen molar-refractivity contribution in [2.45, 2.75) is 13.8 Å². The van der Waals surface area contributed by atoms with Gasteiger partial charge in [-0.2, -0.15) is 0 Å². The molecule has 1 aromatic heterocycles. The third kappa shape index (κ3) is 4.79. The highest BCUT2D eigenvalue weighted by Gasteiger charge is 2.18. The van der Waals surface area contributed by atoms with Crippen molar-refractivity contribution in [1.82, 2.24) is 10.2 Å². The molecule has 1 heterocycles. The molecule has 8 heteroatoms. The van der Waals surface area contributed by atoms with Crippen molar-refractivity contribution in [3.63, 3.8) is 0 Å². The minimum absolute atomic E-state index is 0.312. The van der Waals surface area contributed by atoms with E-state index in [0.717, 1.165) is 10.6 Å². The number of halogens is 1. The molecule has 1 N–H and O–H groups in total. The van der Waals surface area contributed by atoms with Gasteiger partial charge in [0.2, 0.25) is 5.13 Å². The number of aromatic nitrogens is 2. The molecule has 2 aromatic carbocycles. The molecular weight excluding hydrogens is 398 g/mol. The normalized spacial score (nSPS) is 10.8. The molecular formula is C20H20ClN3O3S. The van der Waals surface area contributed by atoms with E-state index in [1.54, 1.807) is 12.1 Å². The minimum Gasteiger partial charge on any atom is -0.493 e. The number of amides is 1. The zero-order chi connectivity index (χ0) is 20.1. The SMILES string of the molecule is COc1cc(C(=O)Nc2nnc(-c3ccccc3)s2)cc(Cl)c1OCC(C)C. The van der Waals surface area contributed by atoms with Crippen LogP contribution in [0.4, 0.5) is 5.13 Å². The second kappa shape index (κ2) is 9.03. The molecule has 0 radical (unpaired) electrons. The van der Waals surface area contributed by atoms with Gasteiger partial charge >= 0.3 is 0 Å². The van der Waals surface area contributed by atoms with Crippen molar-refractivity contribution < 1.29 is 14.3 Å². The van der Waals surface area contributed by atoms with Crippen LogP contribution in [0.3, 0.4) is 0 Å². The summed E-state index contributed by atoms with van der Waals surface area (Å²) in [5.74, 6) is 0.809. The Bertz CT molecular complexity index is 961. The molecule has 0 saturated carbocycles. The first-order valence-electron chi connectivity index (χ1n) is 8.68. The van der Waals surface area contributed by atoms with E-state index >= 15 is 0 Å². The number of anilines is 1. The van der Waals surface area contributed by atoms with Gasteiger partial charge in [-0.3, -0.25) is 10.1 Å². The standard InChI is InChI=1S/C20H20ClN3O3S/c1-12(2)11-27-17-15(21)9-14(10-16(17)26-3)18(25)22-20-24-23-19(28-20)13-7-5-4-6-8-13/h4-10,12H,11H2,1-3H3,(H,22,24,25). The summed E-state index contributed by atoms with van der Waals surface area (Å²) >= 11 is 7.61. The second-order valence-electron chi connectivity index (χ2n) is 6.43. The van der Waals surface area contributed by atoms with Crippen LogP contribution in [0, 0.1) is 5.92 Å². The second-order valence-corrected chi connectivity index (χ2v) is 7.81. The Morgan fingerprint density at radius 2 is 1.96 bits per heavy atom. The fourth-order valence-electron chi connectivity index (χ4n) is 2.38. The summed E-state index contributed by atoms with van der Waals surface area (Å²) in [6, 6.07) is 12.8. The summed E-state index contributed by atoms with van der Waals surface area (Å²) in [5.41, 5.74) is 1.28. The summed E-state index contributed by atoms with van der Waals surface area (Å²) in [6.45, 7) is 4.57. The van der Waals surface area contributed by atoms with Crippen molar-refractivity contribution in [3.05, 3.63) is 53.1 Å². The van der Waals surface area contributed by atoms with E-state index in [1.165, 1.54) is 18.4 Å². The van der Waals surface area contributed by atoms with Crippen LogP contribution >= 0.6 is 22.9 Å². The first kappa shape index (κ1) is 20.1. The number of ether oxygens (including phenoxy) is 2. The molecule has 0 aliphatic rings. The van der Waals surface area contributed by atoms with E-state index in [2.05, 4.69) is 15.5 Å². The van der Waals surface area contributed by atoms with E-state index in [4.69, 9.17) is 21.1 Å². The molecule has 0 spiro atoms. The van der Waals surface area contributed by atoms with E-state index < -0.39 is 0 Å². The average molecular weight is 418 g/mol. The quantitative estimate of drug-likeness (QED) is 0.575. The zero-order valence-corrected chi connectivity index (χ0v) is 17.3. The third-order valence-electron chi connectivity index (χ3n) is 3.72. The Balaban J connectivity index is 1.77. The van der Waals surface area contributed by atoms with Gasteiger partial charge in [0.1, 0.15) is 5.01 Å². The van der Waals surface area contributed by atoms with E-state index in [0.29, 0.717) is 39.7 Å². The van der Waals surface area contributed by atoms with Gasteiger partial charge in [0.05, 0.1) is 18.7 Å². The fourth-order valence-corrected chi connectivity index (χ4v) is 3.39. The number of nitrogens with zero attached hydrogens (tertiary/aromatic N) is 2. The predicted molar refractivity (Wildman–Crippen MR) is 112 cm³/mol. The Kier molecular flexibility index (Phi) is 6.49. The van der Waals surface area contributed by atoms with Gasteiger partial charge < -0.3 is 9.47 Å². The molecule has 0 atom stereocenters. The smallest absolute Gasteiger partial charge is 0.257 e. The average Bonchev–Trinajstić information content (AvgIpc) is 3.15. The van der Waals surface area contributed by atoms with Crippen molar-refractivity contribution in [2.75, 3.05) is 19.0 Å². The Labute approximate surface area is 172 Å². The number of rotatable bonds is 7. The van der Waals surface area contributed by atoms with E-state index in [1.807, 2.05) is 44.2 Å².